The average molecular weight is 480 g/mol. The van der Waals surface area contributed by atoms with Gasteiger partial charge in [0.15, 0.2) is 0 Å². The maximum atomic E-state index is 12.6. The number of carbonyl (C=O) groups is 1. The summed E-state index contributed by atoms with van der Waals surface area (Å²) in [6, 6.07) is 3.56. The molecule has 8 heteroatoms. The topological polar surface area (TPSA) is 108 Å². The molecule has 6 rings (SSSR count). The van der Waals surface area contributed by atoms with E-state index in [0.717, 1.165) is 74.7 Å². The smallest absolute Gasteiger partial charge is 0.252 e. The number of aliphatic hydroxyl groups is 1. The molecule has 1 amide bonds. The fraction of sp³-hybridized carbons (Fsp3) is 0.630. The lowest BCUT2D eigenvalue weighted by atomic mass is 9.52. The third-order valence-corrected chi connectivity index (χ3v) is 9.32. The highest BCUT2D eigenvalue weighted by Crippen LogP contribution is 2.57. The number of aromatic nitrogens is 2. The van der Waals surface area contributed by atoms with Crippen LogP contribution in [0.2, 0.25) is 0 Å². The first kappa shape index (κ1) is 23.0. The second-order valence-electron chi connectivity index (χ2n) is 11.4. The molecule has 3 heterocycles. The summed E-state index contributed by atoms with van der Waals surface area (Å²) in [5.41, 5.74) is 7.70. The number of aryl methyl sites for hydroxylation is 1. The molecule has 2 aliphatic carbocycles. The monoisotopic (exact) mass is 479 g/mol. The highest BCUT2D eigenvalue weighted by atomic mass is 16.3. The molecule has 8 nitrogen and oxygen atoms in total. The standard InChI is InChI=1S/C27H37N5O3/c1-18-15-29-32(16-18)11-10-30-7-4-26-5-9-31(17-19-2-3-19)24(27(26,35)6-8-30)13-20-12-21(25(28)34)23(33)14-22(20)26/h12,14-16,19,24,33,35H,2-11,13,17H2,1H3,(H2,28,34). The van der Waals surface area contributed by atoms with Crippen LogP contribution in [0.1, 0.15) is 59.2 Å². The predicted octanol–water partition coefficient (Wildman–Crippen LogP) is 1.80. The Balaban J connectivity index is 1.35. The van der Waals surface area contributed by atoms with Gasteiger partial charge in [0.05, 0.1) is 23.9 Å². The van der Waals surface area contributed by atoms with Gasteiger partial charge in [0.2, 0.25) is 0 Å². The first-order valence-corrected chi connectivity index (χ1v) is 13.1. The first-order valence-electron chi connectivity index (χ1n) is 13.1. The van der Waals surface area contributed by atoms with Crippen LogP contribution in [0.5, 0.6) is 5.75 Å². The van der Waals surface area contributed by atoms with E-state index in [1.807, 2.05) is 10.9 Å². The molecule has 3 atom stereocenters. The zero-order valence-electron chi connectivity index (χ0n) is 20.6. The molecule has 0 spiro atoms. The lowest BCUT2D eigenvalue weighted by Gasteiger charge is -2.61. The minimum atomic E-state index is -0.870. The van der Waals surface area contributed by atoms with E-state index in [1.165, 1.54) is 12.8 Å². The molecule has 35 heavy (non-hydrogen) atoms. The van der Waals surface area contributed by atoms with E-state index in [4.69, 9.17) is 5.73 Å². The van der Waals surface area contributed by atoms with Crippen molar-refractivity contribution in [1.82, 2.24) is 19.6 Å². The molecule has 1 aromatic carbocycles. The summed E-state index contributed by atoms with van der Waals surface area (Å²) >= 11 is 0. The van der Waals surface area contributed by atoms with Crippen LogP contribution in [0, 0.1) is 12.8 Å². The van der Waals surface area contributed by atoms with E-state index in [-0.39, 0.29) is 17.4 Å². The molecule has 3 unspecified atom stereocenters. The van der Waals surface area contributed by atoms with Crippen molar-refractivity contribution in [2.24, 2.45) is 11.7 Å². The number of aromatic hydroxyl groups is 1. The van der Waals surface area contributed by atoms with E-state index in [0.29, 0.717) is 12.8 Å². The molecule has 188 valence electrons. The SMILES string of the molecule is Cc1cnn(CCN2CCC34CCN(CC5CC5)C(Cc5cc(C(N)=O)c(O)cc53)C4(O)CC2)c1. The molecular weight excluding hydrogens is 442 g/mol. The Labute approximate surface area is 206 Å². The number of nitrogens with zero attached hydrogens (tertiary/aromatic N) is 4. The number of hydrogen-bond donors (Lipinski definition) is 3. The quantitative estimate of drug-likeness (QED) is 0.583. The van der Waals surface area contributed by atoms with Crippen molar-refractivity contribution in [3.63, 3.8) is 0 Å². The van der Waals surface area contributed by atoms with E-state index in [2.05, 4.69) is 28.0 Å². The lowest BCUT2D eigenvalue weighted by Crippen LogP contribution is -2.71. The molecule has 1 aromatic heterocycles. The summed E-state index contributed by atoms with van der Waals surface area (Å²) < 4.78 is 1.99. The molecule has 2 aromatic rings. The van der Waals surface area contributed by atoms with Crippen molar-refractivity contribution >= 4 is 5.91 Å². The molecule has 2 bridgehead atoms. The van der Waals surface area contributed by atoms with E-state index in [1.54, 1.807) is 12.1 Å². The Kier molecular flexibility index (Phi) is 5.47. The van der Waals surface area contributed by atoms with Gasteiger partial charge in [-0.05, 0) is 93.3 Å². The number of amides is 1. The second-order valence-corrected chi connectivity index (χ2v) is 11.4. The van der Waals surface area contributed by atoms with Gasteiger partial charge in [0.25, 0.3) is 5.91 Å². The van der Waals surface area contributed by atoms with Crippen molar-refractivity contribution in [2.75, 3.05) is 32.7 Å². The number of carbonyl (C=O) groups excluding carboxylic acids is 1. The van der Waals surface area contributed by atoms with Crippen LogP contribution in [0.3, 0.4) is 0 Å². The summed E-state index contributed by atoms with van der Waals surface area (Å²) in [5, 5.41) is 27.7. The lowest BCUT2D eigenvalue weighted by molar-refractivity contribution is -0.149. The van der Waals surface area contributed by atoms with Gasteiger partial charge in [0, 0.05) is 37.3 Å². The number of rotatable bonds is 6. The normalized spacial score (nSPS) is 31.0. The third kappa shape index (κ3) is 3.77. The largest absolute Gasteiger partial charge is 0.507 e. The van der Waals surface area contributed by atoms with Gasteiger partial charge >= 0.3 is 0 Å². The van der Waals surface area contributed by atoms with Crippen LogP contribution in [0.25, 0.3) is 0 Å². The average Bonchev–Trinajstić information content (AvgIpc) is 3.57. The number of likely N-dealkylation sites (tertiary alicyclic amines) is 2. The van der Waals surface area contributed by atoms with Gasteiger partial charge in [-0.2, -0.15) is 5.10 Å². The molecule has 2 saturated heterocycles. The number of nitrogens with two attached hydrogens (primary N) is 1. The van der Waals surface area contributed by atoms with Crippen molar-refractivity contribution in [3.8, 4) is 5.75 Å². The first-order chi connectivity index (χ1) is 16.8. The molecule has 1 saturated carbocycles. The van der Waals surface area contributed by atoms with Crippen LogP contribution in [0.4, 0.5) is 0 Å². The van der Waals surface area contributed by atoms with Crippen molar-refractivity contribution in [2.45, 2.75) is 69.1 Å². The molecule has 2 aliphatic heterocycles. The van der Waals surface area contributed by atoms with Crippen molar-refractivity contribution in [3.05, 3.63) is 46.8 Å². The Morgan fingerprint density at radius 2 is 1.94 bits per heavy atom. The summed E-state index contributed by atoms with van der Waals surface area (Å²) in [4.78, 5) is 17.0. The molecule has 4 N–H and O–H groups in total. The fourth-order valence-corrected chi connectivity index (χ4v) is 7.23. The fourth-order valence-electron chi connectivity index (χ4n) is 7.23. The van der Waals surface area contributed by atoms with Gasteiger partial charge in [-0.1, -0.05) is 0 Å². The van der Waals surface area contributed by atoms with Crippen molar-refractivity contribution < 1.29 is 15.0 Å². The Morgan fingerprint density at radius 1 is 1.17 bits per heavy atom. The van der Waals surface area contributed by atoms with Gasteiger partial charge < -0.3 is 20.8 Å². The Morgan fingerprint density at radius 3 is 2.66 bits per heavy atom. The zero-order valence-corrected chi connectivity index (χ0v) is 20.6. The molecule has 4 aliphatic rings. The van der Waals surface area contributed by atoms with Crippen molar-refractivity contribution in [1.29, 1.82) is 0 Å². The van der Waals surface area contributed by atoms with E-state index in [9.17, 15) is 15.0 Å². The van der Waals surface area contributed by atoms with Crippen LogP contribution in [-0.4, -0.2) is 80.1 Å². The molecule has 3 fully saturated rings. The Bertz CT molecular complexity index is 1140. The summed E-state index contributed by atoms with van der Waals surface area (Å²) in [7, 11) is 0. The molecule has 0 radical (unpaired) electrons. The number of fused-ring (bicyclic) bond motifs is 1. The zero-order chi connectivity index (χ0) is 24.4. The van der Waals surface area contributed by atoms with Gasteiger partial charge in [-0.3, -0.25) is 14.4 Å². The van der Waals surface area contributed by atoms with Gasteiger partial charge in [-0.15, -0.1) is 0 Å². The van der Waals surface area contributed by atoms with Crippen LogP contribution < -0.4 is 5.73 Å². The summed E-state index contributed by atoms with van der Waals surface area (Å²) in [6.45, 7) is 7.51. The number of hydrogen-bond acceptors (Lipinski definition) is 6. The minimum absolute atomic E-state index is 0.0170. The van der Waals surface area contributed by atoms with Crippen LogP contribution in [0.15, 0.2) is 24.5 Å². The second kappa shape index (κ2) is 8.32. The van der Waals surface area contributed by atoms with Gasteiger partial charge in [-0.25, -0.2) is 0 Å². The maximum absolute atomic E-state index is 12.6. The highest BCUT2D eigenvalue weighted by Gasteiger charge is 2.63. The van der Waals surface area contributed by atoms with Crippen LogP contribution >= 0.6 is 0 Å². The summed E-state index contributed by atoms with van der Waals surface area (Å²) in [5.74, 6) is 0.0693. The minimum Gasteiger partial charge on any atom is -0.507 e. The van der Waals surface area contributed by atoms with E-state index < -0.39 is 16.9 Å². The Hall–Kier alpha value is -2.42. The number of piperidine rings is 1. The van der Waals surface area contributed by atoms with Crippen LogP contribution in [-0.2, 0) is 18.4 Å². The molecular formula is C27H37N5O3. The third-order valence-electron chi connectivity index (χ3n) is 9.32. The maximum Gasteiger partial charge on any atom is 0.252 e. The summed E-state index contributed by atoms with van der Waals surface area (Å²) in [6.07, 6.45) is 9.61. The number of primary amides is 1. The number of benzene rings is 1. The highest BCUT2D eigenvalue weighted by molar-refractivity contribution is 5.96. The van der Waals surface area contributed by atoms with Gasteiger partial charge in [0.1, 0.15) is 5.75 Å². The number of phenols is 1. The van der Waals surface area contributed by atoms with E-state index >= 15 is 0 Å². The predicted molar refractivity (Wildman–Crippen MR) is 132 cm³/mol.